The molecule has 0 rings (SSSR count). The van der Waals surface area contributed by atoms with Crippen LogP contribution in [-0.2, 0) is 33.3 Å². The number of unbranched alkanes of at least 4 members (excludes halogenated alkanes) is 34. The first kappa shape index (κ1) is 78.5. The summed E-state index contributed by atoms with van der Waals surface area (Å²) >= 11 is 0. The predicted molar refractivity (Wildman–Crippen MR) is 350 cm³/mol. The van der Waals surface area contributed by atoms with Gasteiger partial charge in [-0.1, -0.05) is 304 Å². The van der Waals surface area contributed by atoms with Crippen molar-refractivity contribution in [1.82, 2.24) is 0 Å². The fourth-order valence-electron chi connectivity index (χ4n) is 9.70. The van der Waals surface area contributed by atoms with Gasteiger partial charge >= 0.3 is 17.9 Å². The summed E-state index contributed by atoms with van der Waals surface area (Å²) in [6.45, 7) is 4.79. The summed E-state index contributed by atoms with van der Waals surface area (Å²) in [5.41, 5.74) is 0. The lowest BCUT2D eigenvalue weighted by molar-refractivity contribution is -0.870. The van der Waals surface area contributed by atoms with E-state index in [0.29, 0.717) is 23.9 Å². The zero-order chi connectivity index (χ0) is 59.8. The number of allylic oxidation sites excluding steroid dienone is 14. The van der Waals surface area contributed by atoms with Crippen LogP contribution in [0.25, 0.3) is 0 Å². The van der Waals surface area contributed by atoms with E-state index in [0.717, 1.165) is 89.9 Å². The van der Waals surface area contributed by atoms with E-state index in [1.54, 1.807) is 0 Å². The molecule has 0 fully saturated rings. The van der Waals surface area contributed by atoms with Gasteiger partial charge in [0.1, 0.15) is 13.2 Å². The Morgan fingerprint density at radius 3 is 1.04 bits per heavy atom. The number of carboxylic acid groups (broad SMARTS) is 1. The highest BCUT2D eigenvalue weighted by Gasteiger charge is 2.25. The van der Waals surface area contributed by atoms with E-state index in [1.807, 2.05) is 21.1 Å². The van der Waals surface area contributed by atoms with Crippen LogP contribution in [-0.4, -0.2) is 87.4 Å². The number of quaternary nitrogens is 1. The number of carboxylic acids is 1. The highest BCUT2D eigenvalue weighted by molar-refractivity contribution is 5.71. The molecular formula is C73H130NO8+. The summed E-state index contributed by atoms with van der Waals surface area (Å²) in [5.74, 6) is -2.00. The summed E-state index contributed by atoms with van der Waals surface area (Å²) in [7, 11) is 5.98. The van der Waals surface area contributed by atoms with Crippen LogP contribution in [0, 0.1) is 0 Å². The van der Waals surface area contributed by atoms with Crippen LogP contribution in [0.1, 0.15) is 303 Å². The van der Waals surface area contributed by atoms with Crippen molar-refractivity contribution in [1.29, 1.82) is 0 Å². The Morgan fingerprint density at radius 1 is 0.378 bits per heavy atom. The lowest BCUT2D eigenvalue weighted by Crippen LogP contribution is -2.40. The Hall–Kier alpha value is -3.53. The Bertz CT molecular complexity index is 1620. The summed E-state index contributed by atoms with van der Waals surface area (Å²) in [6.07, 6.45) is 82.6. The number of carbonyl (C=O) groups is 3. The number of hydrogen-bond acceptors (Lipinski definition) is 7. The van der Waals surface area contributed by atoms with Gasteiger partial charge < -0.3 is 28.5 Å². The van der Waals surface area contributed by atoms with Crippen molar-refractivity contribution in [3.05, 3.63) is 85.1 Å². The first-order valence-corrected chi connectivity index (χ1v) is 34.3. The predicted octanol–water partition coefficient (Wildman–Crippen LogP) is 21.1. The Balaban J connectivity index is 4.16. The van der Waals surface area contributed by atoms with Crippen molar-refractivity contribution in [2.75, 3.05) is 47.5 Å². The minimum atomic E-state index is -1.52. The van der Waals surface area contributed by atoms with Crippen LogP contribution >= 0.6 is 0 Å². The summed E-state index contributed by atoms with van der Waals surface area (Å²) in [4.78, 5) is 37.6. The number of likely N-dealkylation sites (N-methyl/N-ethyl adjacent to an activating group) is 1. The number of rotatable bonds is 63. The molecule has 0 aromatic heterocycles. The largest absolute Gasteiger partial charge is 0.477 e. The number of esters is 2. The lowest BCUT2D eigenvalue weighted by Gasteiger charge is -2.25. The number of carbonyl (C=O) groups excluding carboxylic acids is 2. The molecule has 474 valence electrons. The van der Waals surface area contributed by atoms with Crippen molar-refractivity contribution in [2.45, 2.75) is 315 Å². The molecule has 0 aliphatic heterocycles. The summed E-state index contributed by atoms with van der Waals surface area (Å²) < 4.78 is 23.0. The number of ether oxygens (including phenoxy) is 4. The average Bonchev–Trinajstić information content (AvgIpc) is 3.45. The van der Waals surface area contributed by atoms with Gasteiger partial charge in [0.05, 0.1) is 34.4 Å². The van der Waals surface area contributed by atoms with Crippen LogP contribution < -0.4 is 0 Å². The third kappa shape index (κ3) is 64.0. The van der Waals surface area contributed by atoms with Crippen LogP contribution in [0.3, 0.4) is 0 Å². The summed E-state index contributed by atoms with van der Waals surface area (Å²) in [5, 5.41) is 9.74. The van der Waals surface area contributed by atoms with E-state index in [-0.39, 0.29) is 32.2 Å². The minimum absolute atomic E-state index is 0.185. The molecule has 0 aromatic carbocycles. The molecule has 82 heavy (non-hydrogen) atoms. The smallest absolute Gasteiger partial charge is 0.361 e. The highest BCUT2D eigenvalue weighted by Crippen LogP contribution is 2.18. The first-order chi connectivity index (χ1) is 40.1. The Kier molecular flexibility index (Phi) is 60.8. The second-order valence-electron chi connectivity index (χ2n) is 24.1. The van der Waals surface area contributed by atoms with E-state index < -0.39 is 24.3 Å². The molecule has 1 N–H and O–H groups in total. The Labute approximate surface area is 506 Å². The van der Waals surface area contributed by atoms with E-state index in [2.05, 4.69) is 98.9 Å². The number of hydrogen-bond donors (Lipinski definition) is 1. The number of nitrogens with zero attached hydrogens (tertiary/aromatic N) is 1. The fourth-order valence-corrected chi connectivity index (χ4v) is 9.70. The second-order valence-corrected chi connectivity index (χ2v) is 24.1. The highest BCUT2D eigenvalue weighted by atomic mass is 16.7. The molecule has 9 nitrogen and oxygen atoms in total. The van der Waals surface area contributed by atoms with Gasteiger partial charge in [0.2, 0.25) is 0 Å². The van der Waals surface area contributed by atoms with Gasteiger partial charge in [0.25, 0.3) is 6.29 Å². The van der Waals surface area contributed by atoms with Crippen LogP contribution in [0.15, 0.2) is 85.1 Å². The maximum absolute atomic E-state index is 12.9. The normalized spacial score (nSPS) is 13.2. The molecule has 0 aliphatic rings. The molecule has 0 bridgehead atoms. The van der Waals surface area contributed by atoms with Crippen molar-refractivity contribution in [3.8, 4) is 0 Å². The maximum Gasteiger partial charge on any atom is 0.361 e. The van der Waals surface area contributed by atoms with Gasteiger partial charge in [-0.3, -0.25) is 9.59 Å². The molecule has 9 heteroatoms. The third-order valence-corrected chi connectivity index (χ3v) is 14.9. The molecule has 0 radical (unpaired) electrons. The molecule has 0 heterocycles. The quantitative estimate of drug-likeness (QED) is 0.0211. The molecule has 0 saturated heterocycles. The Morgan fingerprint density at radius 2 is 0.695 bits per heavy atom. The van der Waals surface area contributed by atoms with Crippen LogP contribution in [0.4, 0.5) is 0 Å². The SMILES string of the molecule is CC/C=C\C/C=C\C/C=C\C/C=C\C/C=C\C/C=C\C/C=C\CCCCCCCCCCCC(=O)OC(COC(=O)CCCCCCCCCCCCCCCCCCCCCCCCCCCC)COC(OCC[N+](C)(C)C)C(=O)O. The van der Waals surface area contributed by atoms with Gasteiger partial charge in [-0.25, -0.2) is 4.79 Å². The van der Waals surface area contributed by atoms with Crippen LogP contribution in [0.5, 0.6) is 0 Å². The van der Waals surface area contributed by atoms with Gasteiger partial charge in [0, 0.05) is 12.8 Å². The number of aliphatic carboxylic acids is 1. The topological polar surface area (TPSA) is 108 Å². The summed E-state index contributed by atoms with van der Waals surface area (Å²) in [6, 6.07) is 0. The van der Waals surface area contributed by atoms with Gasteiger partial charge in [-0.2, -0.15) is 0 Å². The molecule has 2 unspecified atom stereocenters. The zero-order valence-electron chi connectivity index (χ0n) is 54.1. The molecule has 0 amide bonds. The van der Waals surface area contributed by atoms with E-state index in [1.165, 1.54) is 180 Å². The maximum atomic E-state index is 12.9. The van der Waals surface area contributed by atoms with E-state index in [4.69, 9.17) is 18.9 Å². The molecule has 0 aliphatic carbocycles. The minimum Gasteiger partial charge on any atom is -0.477 e. The molecule has 0 aromatic rings. The third-order valence-electron chi connectivity index (χ3n) is 14.9. The van der Waals surface area contributed by atoms with Gasteiger partial charge in [-0.15, -0.1) is 0 Å². The van der Waals surface area contributed by atoms with Crippen molar-refractivity contribution in [3.63, 3.8) is 0 Å². The van der Waals surface area contributed by atoms with Crippen molar-refractivity contribution < 1.29 is 42.9 Å². The molecule has 0 saturated carbocycles. The van der Waals surface area contributed by atoms with E-state index in [9.17, 15) is 19.5 Å². The molecule has 2 atom stereocenters. The van der Waals surface area contributed by atoms with Crippen molar-refractivity contribution >= 4 is 17.9 Å². The van der Waals surface area contributed by atoms with Crippen molar-refractivity contribution in [2.24, 2.45) is 0 Å². The second kappa shape index (κ2) is 63.5. The molecule has 0 spiro atoms. The standard InChI is InChI=1S/C73H129NO8/c1-6-8-10-12-14-16-18-20-22-24-26-28-30-32-34-35-36-37-38-40-42-44-46-48-50-52-54-56-58-60-62-64-71(76)82-69(68-81-73(72(77)78)79-66-65-74(3,4)5)67-80-70(75)63-61-59-57-55-53-51-49-47-45-43-41-39-33-31-29-27-25-23-21-19-17-15-13-11-9-7-2/h8,10,14,16,20,22,26,28,32,34,36-37,40,42,69,73H,6-7,9,11-13,15,17-19,21,23-25,27,29-31,33,35,38-39,41,43-68H2,1-5H3/p+1/b10-8-,16-14-,22-20-,28-26-,34-32-,37-36-,42-40-. The average molecular weight is 1150 g/mol. The zero-order valence-corrected chi connectivity index (χ0v) is 54.1. The molecular weight excluding hydrogens is 1020 g/mol. The van der Waals surface area contributed by atoms with E-state index >= 15 is 0 Å². The van der Waals surface area contributed by atoms with Gasteiger partial charge in [0.15, 0.2) is 6.10 Å². The monoisotopic (exact) mass is 1150 g/mol. The lowest BCUT2D eigenvalue weighted by atomic mass is 10.0. The van der Waals surface area contributed by atoms with Gasteiger partial charge in [-0.05, 0) is 70.6 Å². The van der Waals surface area contributed by atoms with Crippen LogP contribution in [0.2, 0.25) is 0 Å². The first-order valence-electron chi connectivity index (χ1n) is 34.3. The fraction of sp³-hybridized carbons (Fsp3) is 0.767.